The summed E-state index contributed by atoms with van der Waals surface area (Å²) in [5.41, 5.74) is 1.30. The molecule has 12 heteroatoms. The van der Waals surface area contributed by atoms with Gasteiger partial charge in [0.15, 0.2) is 0 Å². The Morgan fingerprint density at radius 2 is 1.91 bits per heavy atom. The van der Waals surface area contributed by atoms with E-state index in [1.54, 1.807) is 12.1 Å². The number of carbonyl (C=O) groups excluding carboxylic acids is 1. The van der Waals surface area contributed by atoms with Crippen molar-refractivity contribution in [3.05, 3.63) is 81.6 Å². The molecular weight excluding hydrogens is 510 g/mol. The van der Waals surface area contributed by atoms with Crippen LogP contribution in [0, 0.1) is 5.82 Å². The Labute approximate surface area is 203 Å². The van der Waals surface area contributed by atoms with Gasteiger partial charge in [-0.05, 0) is 48.0 Å². The number of sulfonamides is 1. The van der Waals surface area contributed by atoms with Gasteiger partial charge in [-0.2, -0.15) is 8.75 Å². The Hall–Kier alpha value is -2.79. The molecular formula is C21H15Cl2FN4O3S2. The van der Waals surface area contributed by atoms with Crippen molar-refractivity contribution in [1.82, 2.24) is 13.6 Å². The van der Waals surface area contributed by atoms with Crippen LogP contribution in [-0.4, -0.2) is 35.0 Å². The lowest BCUT2D eigenvalue weighted by molar-refractivity contribution is 0.0786. The summed E-state index contributed by atoms with van der Waals surface area (Å²) in [4.78, 5) is 14.5. The fraction of sp³-hybridized carbons (Fsp3) is 0.0952. The minimum absolute atomic E-state index is 0.0374. The van der Waals surface area contributed by atoms with E-state index in [0.717, 1.165) is 17.8 Å². The van der Waals surface area contributed by atoms with Crippen LogP contribution < -0.4 is 4.72 Å². The first-order valence-corrected chi connectivity index (χ1v) is 12.4. The maximum atomic E-state index is 13.3. The number of nitrogens with zero attached hydrogens (tertiary/aromatic N) is 3. The summed E-state index contributed by atoms with van der Waals surface area (Å²) in [6, 6.07) is 12.8. The molecule has 33 heavy (non-hydrogen) atoms. The molecule has 0 aliphatic heterocycles. The molecule has 0 fully saturated rings. The van der Waals surface area contributed by atoms with Gasteiger partial charge in [0.2, 0.25) is 0 Å². The largest absolute Gasteiger partial charge is 0.337 e. The Morgan fingerprint density at radius 1 is 1.12 bits per heavy atom. The Morgan fingerprint density at radius 3 is 2.67 bits per heavy atom. The average Bonchev–Trinajstić information content (AvgIpc) is 3.25. The summed E-state index contributed by atoms with van der Waals surface area (Å²) in [6.07, 6.45) is 0. The molecule has 3 aromatic carbocycles. The van der Waals surface area contributed by atoms with E-state index in [1.807, 2.05) is 0 Å². The van der Waals surface area contributed by atoms with Gasteiger partial charge in [-0.1, -0.05) is 35.3 Å². The minimum atomic E-state index is -4.10. The number of rotatable bonds is 6. The number of aromatic nitrogens is 2. The SMILES string of the molecule is CN(Cc1ccc(F)cc1Cl)C(=O)c1cc(Cl)ccc1NS(=O)(=O)c1cccc2nsnc12. The van der Waals surface area contributed by atoms with E-state index in [2.05, 4.69) is 13.5 Å². The first-order chi connectivity index (χ1) is 15.7. The predicted molar refractivity (Wildman–Crippen MR) is 127 cm³/mol. The van der Waals surface area contributed by atoms with Crippen molar-refractivity contribution in [3.63, 3.8) is 0 Å². The Kier molecular flexibility index (Phi) is 6.53. The highest BCUT2D eigenvalue weighted by Crippen LogP contribution is 2.28. The number of nitrogens with one attached hydrogen (secondary N) is 1. The van der Waals surface area contributed by atoms with E-state index in [-0.39, 0.29) is 38.3 Å². The van der Waals surface area contributed by atoms with Crippen LogP contribution in [0.2, 0.25) is 10.0 Å². The number of hydrogen-bond donors (Lipinski definition) is 1. The summed E-state index contributed by atoms with van der Waals surface area (Å²) in [7, 11) is -2.58. The lowest BCUT2D eigenvalue weighted by Gasteiger charge is -2.20. The predicted octanol–water partition coefficient (Wildman–Crippen LogP) is 5.21. The molecule has 1 aromatic heterocycles. The van der Waals surface area contributed by atoms with Crippen molar-refractivity contribution in [2.45, 2.75) is 11.4 Å². The van der Waals surface area contributed by atoms with Gasteiger partial charge >= 0.3 is 0 Å². The Bertz CT molecular complexity index is 1480. The number of hydrogen-bond acceptors (Lipinski definition) is 6. The van der Waals surface area contributed by atoms with E-state index < -0.39 is 21.7 Å². The summed E-state index contributed by atoms with van der Waals surface area (Å²) in [5, 5.41) is 0.423. The number of benzene rings is 3. The summed E-state index contributed by atoms with van der Waals surface area (Å²) >= 11 is 13.1. The van der Waals surface area contributed by atoms with Gasteiger partial charge in [-0.25, -0.2) is 12.8 Å². The molecule has 0 saturated heterocycles. The quantitative estimate of drug-likeness (QED) is 0.373. The molecule has 0 unspecified atom stereocenters. The summed E-state index contributed by atoms with van der Waals surface area (Å²) < 4.78 is 50.2. The lowest BCUT2D eigenvalue weighted by atomic mass is 10.1. The maximum Gasteiger partial charge on any atom is 0.264 e. The fourth-order valence-electron chi connectivity index (χ4n) is 3.16. The van der Waals surface area contributed by atoms with Crippen LogP contribution in [0.1, 0.15) is 15.9 Å². The number of amides is 1. The smallest absolute Gasteiger partial charge is 0.264 e. The lowest BCUT2D eigenvalue weighted by Crippen LogP contribution is -2.28. The van der Waals surface area contributed by atoms with Gasteiger partial charge in [-0.15, -0.1) is 0 Å². The van der Waals surface area contributed by atoms with E-state index in [0.29, 0.717) is 11.1 Å². The highest BCUT2D eigenvalue weighted by molar-refractivity contribution is 7.93. The monoisotopic (exact) mass is 524 g/mol. The van der Waals surface area contributed by atoms with Crippen molar-refractivity contribution in [3.8, 4) is 0 Å². The second kappa shape index (κ2) is 9.22. The van der Waals surface area contributed by atoms with Crippen LogP contribution in [0.3, 0.4) is 0 Å². The van der Waals surface area contributed by atoms with Gasteiger partial charge in [0.1, 0.15) is 21.7 Å². The molecule has 4 rings (SSSR count). The normalized spacial score (nSPS) is 11.5. The molecule has 0 aliphatic rings. The first kappa shape index (κ1) is 23.4. The molecule has 0 spiro atoms. The van der Waals surface area contributed by atoms with E-state index in [1.165, 1.54) is 48.3 Å². The number of anilines is 1. The second-order valence-corrected chi connectivity index (χ2v) is 10.1. The van der Waals surface area contributed by atoms with Crippen molar-refractivity contribution in [2.75, 3.05) is 11.8 Å². The summed E-state index contributed by atoms with van der Waals surface area (Å²) in [5.74, 6) is -1.00. The van der Waals surface area contributed by atoms with Crippen molar-refractivity contribution < 1.29 is 17.6 Å². The topological polar surface area (TPSA) is 92.3 Å². The van der Waals surface area contributed by atoms with Crippen LogP contribution in [0.25, 0.3) is 11.0 Å². The van der Waals surface area contributed by atoms with Crippen molar-refractivity contribution >= 4 is 67.6 Å². The third-order valence-electron chi connectivity index (χ3n) is 4.76. The number of halogens is 3. The molecule has 0 aliphatic carbocycles. The van der Waals surface area contributed by atoms with Gasteiger partial charge < -0.3 is 4.90 Å². The third kappa shape index (κ3) is 4.93. The zero-order valence-corrected chi connectivity index (χ0v) is 20.1. The minimum Gasteiger partial charge on any atom is -0.337 e. The van der Waals surface area contributed by atoms with E-state index in [4.69, 9.17) is 23.2 Å². The van der Waals surface area contributed by atoms with Crippen LogP contribution in [0.5, 0.6) is 0 Å². The van der Waals surface area contributed by atoms with Crippen LogP contribution >= 0.6 is 34.9 Å². The highest BCUT2D eigenvalue weighted by Gasteiger charge is 2.24. The van der Waals surface area contributed by atoms with Crippen LogP contribution in [0.15, 0.2) is 59.5 Å². The standard InChI is InChI=1S/C21H15Cl2FN4O3S2/c1-28(11-12-5-7-14(24)10-16(12)23)21(29)15-9-13(22)6-8-17(15)27-33(30,31)19-4-2-3-18-20(19)26-32-25-18/h2-10,27H,11H2,1H3. The zero-order valence-electron chi connectivity index (χ0n) is 16.9. The first-order valence-electron chi connectivity index (χ1n) is 9.39. The highest BCUT2D eigenvalue weighted by atomic mass is 35.5. The van der Waals surface area contributed by atoms with E-state index in [9.17, 15) is 17.6 Å². The van der Waals surface area contributed by atoms with E-state index >= 15 is 0 Å². The van der Waals surface area contributed by atoms with Gasteiger partial charge in [0.05, 0.1) is 23.0 Å². The summed E-state index contributed by atoms with van der Waals surface area (Å²) in [6.45, 7) is 0.0699. The number of fused-ring (bicyclic) bond motifs is 1. The van der Waals surface area contributed by atoms with Crippen LogP contribution in [0.4, 0.5) is 10.1 Å². The zero-order chi connectivity index (χ0) is 23.8. The molecule has 0 bridgehead atoms. The van der Waals surface area contributed by atoms with Gasteiger partial charge in [0, 0.05) is 23.6 Å². The molecule has 1 N–H and O–H groups in total. The second-order valence-electron chi connectivity index (χ2n) is 7.08. The maximum absolute atomic E-state index is 13.3. The van der Waals surface area contributed by atoms with Crippen molar-refractivity contribution in [2.24, 2.45) is 0 Å². The molecule has 0 atom stereocenters. The molecule has 1 heterocycles. The third-order valence-corrected chi connectivity index (χ3v) is 7.29. The molecule has 0 radical (unpaired) electrons. The Balaban J connectivity index is 1.66. The van der Waals surface area contributed by atoms with Gasteiger partial charge in [-0.3, -0.25) is 9.52 Å². The number of carbonyl (C=O) groups is 1. The molecule has 7 nitrogen and oxygen atoms in total. The van der Waals surface area contributed by atoms with Crippen molar-refractivity contribution in [1.29, 1.82) is 0 Å². The average molecular weight is 525 g/mol. The molecule has 0 saturated carbocycles. The fourth-order valence-corrected chi connectivity index (χ4v) is 5.41. The molecule has 170 valence electrons. The molecule has 1 amide bonds. The van der Waals surface area contributed by atoms with Crippen LogP contribution in [-0.2, 0) is 16.6 Å². The van der Waals surface area contributed by atoms with Gasteiger partial charge in [0.25, 0.3) is 15.9 Å². The molecule has 4 aromatic rings.